The molecule has 1 aromatic carbocycles. The van der Waals surface area contributed by atoms with E-state index < -0.39 is 0 Å². The minimum Gasteiger partial charge on any atom is -0.396 e. The van der Waals surface area contributed by atoms with E-state index >= 15 is 0 Å². The Hall–Kier alpha value is -1.09. The van der Waals surface area contributed by atoms with Crippen LogP contribution in [0.1, 0.15) is 25.3 Å². The molecular formula is C12H17FN2. The first-order chi connectivity index (χ1) is 7.22. The number of anilines is 1. The normalized spacial score (nSPS) is 15.9. The van der Waals surface area contributed by atoms with E-state index in [9.17, 15) is 4.39 Å². The number of nitrogens with two attached hydrogens (primary N) is 1. The molecule has 1 aliphatic rings. The quantitative estimate of drug-likeness (QED) is 0.770. The van der Waals surface area contributed by atoms with Gasteiger partial charge in [-0.2, -0.15) is 0 Å². The second-order valence-corrected chi connectivity index (χ2v) is 4.11. The second-order valence-electron chi connectivity index (χ2n) is 4.11. The molecule has 1 fully saturated rings. The van der Waals surface area contributed by atoms with Crippen molar-refractivity contribution in [1.82, 2.24) is 4.90 Å². The van der Waals surface area contributed by atoms with Gasteiger partial charge in [0.05, 0.1) is 5.69 Å². The number of benzene rings is 1. The third-order valence-corrected chi connectivity index (χ3v) is 2.95. The standard InChI is InChI=1S/C12H17FN2/c1-2-15(10-6-7-10)8-9-4-3-5-11(14)12(9)13/h3-5,10H,2,6-8,14H2,1H3. The predicted molar refractivity (Wildman–Crippen MR) is 59.9 cm³/mol. The van der Waals surface area contributed by atoms with Crippen molar-refractivity contribution in [2.45, 2.75) is 32.4 Å². The molecule has 0 saturated heterocycles. The number of halogens is 1. The summed E-state index contributed by atoms with van der Waals surface area (Å²) < 4.78 is 13.6. The fraction of sp³-hybridized carbons (Fsp3) is 0.500. The van der Waals surface area contributed by atoms with Crippen LogP contribution in [0.25, 0.3) is 0 Å². The average molecular weight is 208 g/mol. The smallest absolute Gasteiger partial charge is 0.150 e. The molecule has 0 aromatic heterocycles. The van der Waals surface area contributed by atoms with Crippen LogP contribution in [0, 0.1) is 5.82 Å². The molecule has 82 valence electrons. The molecule has 1 aliphatic carbocycles. The lowest BCUT2D eigenvalue weighted by Crippen LogP contribution is -2.25. The van der Waals surface area contributed by atoms with Crippen LogP contribution < -0.4 is 5.73 Å². The van der Waals surface area contributed by atoms with Crippen LogP contribution in [-0.2, 0) is 6.54 Å². The fourth-order valence-corrected chi connectivity index (χ4v) is 1.88. The SMILES string of the molecule is CCN(Cc1cccc(N)c1F)C1CC1. The van der Waals surface area contributed by atoms with E-state index in [4.69, 9.17) is 5.73 Å². The van der Waals surface area contributed by atoms with Crippen LogP contribution in [0.2, 0.25) is 0 Å². The van der Waals surface area contributed by atoms with E-state index in [0.717, 1.165) is 6.54 Å². The van der Waals surface area contributed by atoms with E-state index in [0.29, 0.717) is 18.2 Å². The zero-order chi connectivity index (χ0) is 10.8. The van der Waals surface area contributed by atoms with E-state index in [1.807, 2.05) is 12.1 Å². The summed E-state index contributed by atoms with van der Waals surface area (Å²) in [6.07, 6.45) is 2.50. The molecule has 0 radical (unpaired) electrons. The lowest BCUT2D eigenvalue weighted by molar-refractivity contribution is 0.265. The van der Waals surface area contributed by atoms with Crippen LogP contribution in [0.5, 0.6) is 0 Å². The van der Waals surface area contributed by atoms with Crippen molar-refractivity contribution in [2.75, 3.05) is 12.3 Å². The van der Waals surface area contributed by atoms with Gasteiger partial charge in [0.1, 0.15) is 0 Å². The topological polar surface area (TPSA) is 29.3 Å². The Morgan fingerprint density at radius 3 is 2.80 bits per heavy atom. The van der Waals surface area contributed by atoms with Gasteiger partial charge < -0.3 is 5.73 Å². The molecule has 0 atom stereocenters. The number of hydrogen-bond donors (Lipinski definition) is 1. The highest BCUT2D eigenvalue weighted by atomic mass is 19.1. The highest BCUT2D eigenvalue weighted by molar-refractivity contribution is 5.42. The Morgan fingerprint density at radius 1 is 1.47 bits per heavy atom. The fourth-order valence-electron chi connectivity index (χ4n) is 1.88. The third-order valence-electron chi connectivity index (χ3n) is 2.95. The summed E-state index contributed by atoms with van der Waals surface area (Å²) in [7, 11) is 0. The molecule has 1 saturated carbocycles. The Labute approximate surface area is 89.9 Å². The number of rotatable bonds is 4. The van der Waals surface area contributed by atoms with Crippen molar-refractivity contribution < 1.29 is 4.39 Å². The van der Waals surface area contributed by atoms with Gasteiger partial charge in [0.2, 0.25) is 0 Å². The maximum absolute atomic E-state index is 13.6. The molecule has 15 heavy (non-hydrogen) atoms. The average Bonchev–Trinajstić information content (AvgIpc) is 3.04. The summed E-state index contributed by atoms with van der Waals surface area (Å²) in [6, 6.07) is 5.90. The van der Waals surface area contributed by atoms with Gasteiger partial charge in [-0.3, -0.25) is 4.90 Å². The van der Waals surface area contributed by atoms with Crippen molar-refractivity contribution in [3.05, 3.63) is 29.6 Å². The molecule has 0 aliphatic heterocycles. The van der Waals surface area contributed by atoms with E-state index in [1.165, 1.54) is 12.8 Å². The molecule has 1 aromatic rings. The second kappa shape index (κ2) is 4.19. The summed E-state index contributed by atoms with van der Waals surface area (Å²) in [4.78, 5) is 2.30. The molecule has 2 nitrogen and oxygen atoms in total. The van der Waals surface area contributed by atoms with Crippen molar-refractivity contribution in [3.8, 4) is 0 Å². The third kappa shape index (κ3) is 2.29. The number of nitrogen functional groups attached to an aromatic ring is 1. The molecule has 0 bridgehead atoms. The van der Waals surface area contributed by atoms with Crippen molar-refractivity contribution in [2.24, 2.45) is 0 Å². The van der Waals surface area contributed by atoms with Gasteiger partial charge in [0.15, 0.2) is 5.82 Å². The molecule has 0 amide bonds. The first kappa shape index (κ1) is 10.4. The van der Waals surface area contributed by atoms with Crippen LogP contribution >= 0.6 is 0 Å². The van der Waals surface area contributed by atoms with Gasteiger partial charge in [0.25, 0.3) is 0 Å². The number of hydrogen-bond acceptors (Lipinski definition) is 2. The Morgan fingerprint density at radius 2 is 2.20 bits per heavy atom. The van der Waals surface area contributed by atoms with Gasteiger partial charge in [0, 0.05) is 18.2 Å². The first-order valence-corrected chi connectivity index (χ1v) is 5.49. The highest BCUT2D eigenvalue weighted by Gasteiger charge is 2.28. The summed E-state index contributed by atoms with van der Waals surface area (Å²) in [5.74, 6) is -0.253. The molecule has 2 N–H and O–H groups in total. The van der Waals surface area contributed by atoms with Gasteiger partial charge in [-0.1, -0.05) is 19.1 Å². The zero-order valence-electron chi connectivity index (χ0n) is 9.04. The summed E-state index contributed by atoms with van der Waals surface area (Å²) in [5, 5.41) is 0. The lowest BCUT2D eigenvalue weighted by atomic mass is 10.1. The summed E-state index contributed by atoms with van der Waals surface area (Å²) in [6.45, 7) is 3.76. The van der Waals surface area contributed by atoms with E-state index in [2.05, 4.69) is 11.8 Å². The van der Waals surface area contributed by atoms with Crippen molar-refractivity contribution in [3.63, 3.8) is 0 Å². The molecule has 3 heteroatoms. The largest absolute Gasteiger partial charge is 0.396 e. The predicted octanol–water partition coefficient (Wildman–Crippen LogP) is 2.39. The molecular weight excluding hydrogens is 191 g/mol. The van der Waals surface area contributed by atoms with E-state index in [-0.39, 0.29) is 11.5 Å². The molecule has 0 unspecified atom stereocenters. The van der Waals surface area contributed by atoms with Gasteiger partial charge in [-0.15, -0.1) is 0 Å². The Balaban J connectivity index is 2.11. The minimum atomic E-state index is -0.253. The summed E-state index contributed by atoms with van der Waals surface area (Å²) in [5.41, 5.74) is 6.50. The summed E-state index contributed by atoms with van der Waals surface area (Å²) >= 11 is 0. The van der Waals surface area contributed by atoms with E-state index in [1.54, 1.807) is 6.07 Å². The molecule has 0 heterocycles. The highest BCUT2D eigenvalue weighted by Crippen LogP contribution is 2.28. The Bertz CT molecular complexity index is 347. The lowest BCUT2D eigenvalue weighted by Gasteiger charge is -2.20. The maximum atomic E-state index is 13.6. The monoisotopic (exact) mass is 208 g/mol. The van der Waals surface area contributed by atoms with Crippen LogP contribution in [-0.4, -0.2) is 17.5 Å². The van der Waals surface area contributed by atoms with Gasteiger partial charge in [-0.05, 0) is 25.5 Å². The molecule has 0 spiro atoms. The number of nitrogens with zero attached hydrogens (tertiary/aromatic N) is 1. The minimum absolute atomic E-state index is 0.249. The first-order valence-electron chi connectivity index (χ1n) is 5.49. The maximum Gasteiger partial charge on any atom is 0.150 e. The van der Waals surface area contributed by atoms with Crippen LogP contribution in [0.4, 0.5) is 10.1 Å². The molecule has 2 rings (SSSR count). The van der Waals surface area contributed by atoms with Crippen molar-refractivity contribution >= 4 is 5.69 Å². The van der Waals surface area contributed by atoms with Gasteiger partial charge >= 0.3 is 0 Å². The van der Waals surface area contributed by atoms with Crippen LogP contribution in [0.3, 0.4) is 0 Å². The Kier molecular flexibility index (Phi) is 2.91. The van der Waals surface area contributed by atoms with Crippen molar-refractivity contribution in [1.29, 1.82) is 0 Å². The zero-order valence-corrected chi connectivity index (χ0v) is 9.04. The van der Waals surface area contributed by atoms with Gasteiger partial charge in [-0.25, -0.2) is 4.39 Å². The van der Waals surface area contributed by atoms with Crippen LogP contribution in [0.15, 0.2) is 18.2 Å².